The zero-order valence-electron chi connectivity index (χ0n) is 12.8. The molecule has 0 saturated heterocycles. The number of aryl methyl sites for hydroxylation is 2. The normalized spacial score (nSPS) is 11.9. The smallest absolute Gasteiger partial charge is 0.417 e. The molecule has 3 aromatic rings. The number of nitrogens with zero attached hydrogens (tertiary/aromatic N) is 3. The van der Waals surface area contributed by atoms with Gasteiger partial charge < -0.3 is 4.74 Å². The van der Waals surface area contributed by atoms with E-state index in [4.69, 9.17) is 4.74 Å². The molecule has 2 aromatic heterocycles. The fourth-order valence-corrected chi connectivity index (χ4v) is 2.66. The molecule has 0 aliphatic rings. The third kappa shape index (κ3) is 2.52. The highest BCUT2D eigenvalue weighted by molar-refractivity contribution is 5.86. The molecule has 0 spiro atoms. The minimum absolute atomic E-state index is 0.0265. The lowest BCUT2D eigenvalue weighted by Crippen LogP contribution is -2.08. The van der Waals surface area contributed by atoms with Crippen LogP contribution in [0.25, 0.3) is 22.3 Å². The van der Waals surface area contributed by atoms with Gasteiger partial charge in [-0.05, 0) is 25.1 Å². The number of para-hydroxylation sites is 1. The highest BCUT2D eigenvalue weighted by atomic mass is 19.4. The van der Waals surface area contributed by atoms with Crippen LogP contribution in [-0.4, -0.2) is 21.9 Å². The summed E-state index contributed by atoms with van der Waals surface area (Å²) in [7, 11) is 3.05. The van der Waals surface area contributed by atoms with Crippen LogP contribution in [0.4, 0.5) is 13.2 Å². The van der Waals surface area contributed by atoms with Gasteiger partial charge in [0.1, 0.15) is 5.75 Å². The van der Waals surface area contributed by atoms with E-state index in [0.29, 0.717) is 17.0 Å². The minimum atomic E-state index is -4.49. The first kappa shape index (κ1) is 15.3. The third-order valence-electron chi connectivity index (χ3n) is 3.66. The Kier molecular flexibility index (Phi) is 3.50. The summed E-state index contributed by atoms with van der Waals surface area (Å²) in [6.07, 6.45) is -4.49. The number of aromatic nitrogens is 3. The van der Waals surface area contributed by atoms with Gasteiger partial charge in [0.2, 0.25) is 0 Å². The second-order valence-corrected chi connectivity index (χ2v) is 5.16. The van der Waals surface area contributed by atoms with Gasteiger partial charge >= 0.3 is 6.18 Å². The molecular formula is C16H14F3N3O. The zero-order chi connectivity index (χ0) is 16.8. The highest BCUT2D eigenvalue weighted by Crippen LogP contribution is 2.39. The molecule has 120 valence electrons. The van der Waals surface area contributed by atoms with Crippen LogP contribution in [-0.2, 0) is 13.2 Å². The molecule has 2 heterocycles. The molecule has 0 bridgehead atoms. The van der Waals surface area contributed by atoms with Crippen LogP contribution in [0.3, 0.4) is 0 Å². The maximum Gasteiger partial charge on any atom is 0.417 e. The summed E-state index contributed by atoms with van der Waals surface area (Å²) in [5.74, 6) is 0.464. The molecule has 0 aliphatic heterocycles. The molecular weight excluding hydrogens is 307 g/mol. The number of fused-ring (bicyclic) bond motifs is 1. The van der Waals surface area contributed by atoms with Gasteiger partial charge in [-0.25, -0.2) is 4.98 Å². The molecule has 4 nitrogen and oxygen atoms in total. The second kappa shape index (κ2) is 5.26. The standard InChI is InChI=1S/C16H14F3N3O/c1-9-14-11(16(17,18)19)8-12(20-15(14)22(2)21-9)10-6-4-5-7-13(10)23-3/h4-8H,1-3H3. The number of ether oxygens (including phenoxy) is 1. The topological polar surface area (TPSA) is 39.9 Å². The summed E-state index contributed by atoms with van der Waals surface area (Å²) in [6.45, 7) is 1.54. The van der Waals surface area contributed by atoms with Crippen molar-refractivity contribution in [1.29, 1.82) is 0 Å². The Morgan fingerprint density at radius 3 is 2.52 bits per heavy atom. The maximum atomic E-state index is 13.5. The lowest BCUT2D eigenvalue weighted by Gasteiger charge is -2.13. The van der Waals surface area contributed by atoms with Crippen LogP contribution in [0.2, 0.25) is 0 Å². The van der Waals surface area contributed by atoms with E-state index in [1.54, 1.807) is 38.2 Å². The molecule has 0 fully saturated rings. The molecule has 0 saturated carbocycles. The SMILES string of the molecule is COc1ccccc1-c1cc(C(F)(F)F)c2c(C)nn(C)c2n1. The van der Waals surface area contributed by atoms with E-state index in [1.165, 1.54) is 11.8 Å². The predicted molar refractivity (Wildman–Crippen MR) is 80.2 cm³/mol. The maximum absolute atomic E-state index is 13.5. The molecule has 23 heavy (non-hydrogen) atoms. The average molecular weight is 321 g/mol. The number of rotatable bonds is 2. The van der Waals surface area contributed by atoms with Crippen molar-refractivity contribution in [2.75, 3.05) is 7.11 Å². The van der Waals surface area contributed by atoms with Gasteiger partial charge in [0.15, 0.2) is 5.65 Å². The molecule has 3 rings (SSSR count). The number of hydrogen-bond acceptors (Lipinski definition) is 3. The molecule has 0 atom stereocenters. The van der Waals surface area contributed by atoms with Gasteiger partial charge in [-0.1, -0.05) is 12.1 Å². The molecule has 0 amide bonds. The quantitative estimate of drug-likeness (QED) is 0.717. The predicted octanol–water partition coefficient (Wildman–Crippen LogP) is 3.97. The molecule has 0 radical (unpaired) electrons. The van der Waals surface area contributed by atoms with Gasteiger partial charge in [-0.3, -0.25) is 4.68 Å². The fourth-order valence-electron chi connectivity index (χ4n) is 2.66. The van der Waals surface area contributed by atoms with Crippen molar-refractivity contribution in [3.05, 3.63) is 41.6 Å². The van der Waals surface area contributed by atoms with Gasteiger partial charge in [0.05, 0.1) is 29.4 Å². The van der Waals surface area contributed by atoms with E-state index < -0.39 is 11.7 Å². The van der Waals surface area contributed by atoms with E-state index in [-0.39, 0.29) is 16.7 Å². The monoisotopic (exact) mass is 321 g/mol. The number of pyridine rings is 1. The average Bonchev–Trinajstić information content (AvgIpc) is 2.80. The van der Waals surface area contributed by atoms with Crippen LogP contribution < -0.4 is 4.74 Å². The number of benzene rings is 1. The first-order chi connectivity index (χ1) is 10.8. The van der Waals surface area contributed by atoms with E-state index in [9.17, 15) is 13.2 Å². The minimum Gasteiger partial charge on any atom is -0.496 e. The Labute approximate surface area is 130 Å². The Bertz CT molecular complexity index is 884. The Hall–Kier alpha value is -2.57. The summed E-state index contributed by atoms with van der Waals surface area (Å²) >= 11 is 0. The van der Waals surface area contributed by atoms with Crippen molar-refractivity contribution in [2.45, 2.75) is 13.1 Å². The summed E-state index contributed by atoms with van der Waals surface area (Å²) in [5.41, 5.74) is 0.452. The van der Waals surface area contributed by atoms with E-state index >= 15 is 0 Å². The highest BCUT2D eigenvalue weighted by Gasteiger charge is 2.35. The number of hydrogen-bond donors (Lipinski definition) is 0. The van der Waals surface area contributed by atoms with Crippen molar-refractivity contribution in [1.82, 2.24) is 14.8 Å². The molecule has 0 N–H and O–H groups in total. The molecule has 1 aromatic carbocycles. The first-order valence-corrected chi connectivity index (χ1v) is 6.88. The van der Waals surface area contributed by atoms with Crippen LogP contribution >= 0.6 is 0 Å². The van der Waals surface area contributed by atoms with Crippen LogP contribution in [0.15, 0.2) is 30.3 Å². The molecule has 0 aliphatic carbocycles. The largest absolute Gasteiger partial charge is 0.496 e. The molecule has 0 unspecified atom stereocenters. The summed E-state index contributed by atoms with van der Waals surface area (Å²) in [6, 6.07) is 7.89. The van der Waals surface area contributed by atoms with Gasteiger partial charge in [0, 0.05) is 12.6 Å². The lowest BCUT2D eigenvalue weighted by molar-refractivity contribution is -0.136. The Morgan fingerprint density at radius 1 is 1.17 bits per heavy atom. The summed E-state index contributed by atoms with van der Waals surface area (Å²) < 4.78 is 47.1. The fraction of sp³-hybridized carbons (Fsp3) is 0.250. The van der Waals surface area contributed by atoms with Crippen LogP contribution in [0.1, 0.15) is 11.3 Å². The van der Waals surface area contributed by atoms with E-state index in [1.807, 2.05) is 0 Å². The molecule has 7 heteroatoms. The Balaban J connectivity index is 2.38. The van der Waals surface area contributed by atoms with Crippen molar-refractivity contribution in [2.24, 2.45) is 7.05 Å². The van der Waals surface area contributed by atoms with Gasteiger partial charge in [-0.2, -0.15) is 18.3 Å². The van der Waals surface area contributed by atoms with Crippen molar-refractivity contribution in [3.63, 3.8) is 0 Å². The van der Waals surface area contributed by atoms with Crippen molar-refractivity contribution < 1.29 is 17.9 Å². The van der Waals surface area contributed by atoms with E-state index in [2.05, 4.69) is 10.1 Å². The second-order valence-electron chi connectivity index (χ2n) is 5.16. The van der Waals surface area contributed by atoms with Crippen LogP contribution in [0, 0.1) is 6.92 Å². The number of alkyl halides is 3. The number of halogens is 3. The van der Waals surface area contributed by atoms with Crippen LogP contribution in [0.5, 0.6) is 5.75 Å². The number of methoxy groups -OCH3 is 1. The Morgan fingerprint density at radius 2 is 1.87 bits per heavy atom. The first-order valence-electron chi connectivity index (χ1n) is 6.88. The summed E-state index contributed by atoms with van der Waals surface area (Å²) in [4.78, 5) is 4.37. The van der Waals surface area contributed by atoms with Crippen molar-refractivity contribution >= 4 is 11.0 Å². The zero-order valence-corrected chi connectivity index (χ0v) is 12.8. The van der Waals surface area contributed by atoms with Gasteiger partial charge in [-0.15, -0.1) is 0 Å². The third-order valence-corrected chi connectivity index (χ3v) is 3.66. The lowest BCUT2D eigenvalue weighted by atomic mass is 10.0. The summed E-state index contributed by atoms with van der Waals surface area (Å²) in [5, 5.41) is 4.09. The van der Waals surface area contributed by atoms with Gasteiger partial charge in [0.25, 0.3) is 0 Å². The van der Waals surface area contributed by atoms with E-state index in [0.717, 1.165) is 6.07 Å². The van der Waals surface area contributed by atoms with Crippen molar-refractivity contribution in [3.8, 4) is 17.0 Å².